The largest absolute Gasteiger partial charge is 0.490 e. The number of aliphatic hydroxyl groups is 1. The number of urea groups is 1. The number of amides is 3. The van der Waals surface area contributed by atoms with Gasteiger partial charge >= 0.3 is 6.03 Å². The van der Waals surface area contributed by atoms with Crippen LogP contribution in [0.5, 0.6) is 5.75 Å². The smallest absolute Gasteiger partial charge is 0.323 e. The number of nitrogens with one attached hydrogen (secondary N) is 2. The lowest BCUT2D eigenvalue weighted by molar-refractivity contribution is -0.0177. The maximum absolute atomic E-state index is 14.5. The molecule has 0 unspecified atom stereocenters. The van der Waals surface area contributed by atoms with Crippen molar-refractivity contribution in [3.05, 3.63) is 100 Å². The molecule has 0 aromatic heterocycles. The number of fused-ring (bicyclic) bond motifs is 2. The summed E-state index contributed by atoms with van der Waals surface area (Å²) in [6.45, 7) is 7.84. The van der Waals surface area contributed by atoms with Crippen LogP contribution >= 0.6 is 23.2 Å². The van der Waals surface area contributed by atoms with Crippen LogP contribution in [0.15, 0.2) is 78.9 Å². The number of hydrogen-bond acceptors (Lipinski definition) is 6. The zero-order chi connectivity index (χ0) is 36.5. The lowest BCUT2D eigenvalue weighted by atomic mass is 10.0. The maximum Gasteiger partial charge on any atom is 0.323 e. The first-order valence-corrected chi connectivity index (χ1v) is 18.3. The molecule has 1 aliphatic rings. The highest BCUT2D eigenvalue weighted by Gasteiger charge is 2.30. The highest BCUT2D eigenvalue weighted by molar-refractivity contribution is 6.42. The van der Waals surface area contributed by atoms with Crippen LogP contribution in [0.2, 0.25) is 10.0 Å². The Balaban J connectivity index is 1.38. The van der Waals surface area contributed by atoms with E-state index in [-0.39, 0.29) is 30.6 Å². The zero-order valence-corrected chi connectivity index (χ0v) is 31.2. The molecule has 0 saturated carbocycles. The van der Waals surface area contributed by atoms with Gasteiger partial charge in [-0.25, -0.2) is 4.79 Å². The molecular weight excluding hydrogens is 687 g/mol. The first-order chi connectivity index (χ1) is 24.5. The summed E-state index contributed by atoms with van der Waals surface area (Å²) in [5.74, 6) is 0.0448. The van der Waals surface area contributed by atoms with E-state index in [4.69, 9.17) is 32.7 Å². The lowest BCUT2D eigenvalue weighted by Crippen LogP contribution is -2.47. The summed E-state index contributed by atoms with van der Waals surface area (Å²) in [7, 11) is 2.03. The van der Waals surface area contributed by atoms with Gasteiger partial charge in [-0.15, -0.1) is 0 Å². The van der Waals surface area contributed by atoms with Crippen LogP contribution in [-0.4, -0.2) is 78.4 Å². The molecule has 3 amide bonds. The number of benzene rings is 4. The minimum absolute atomic E-state index is 0.0850. The van der Waals surface area contributed by atoms with E-state index in [0.29, 0.717) is 59.0 Å². The summed E-state index contributed by atoms with van der Waals surface area (Å²) in [5.41, 5.74) is 2.45. The molecule has 272 valence electrons. The van der Waals surface area contributed by atoms with Crippen molar-refractivity contribution in [3.63, 3.8) is 0 Å². The Bertz CT molecular complexity index is 1800. The van der Waals surface area contributed by atoms with Crippen LogP contribution in [0.25, 0.3) is 10.8 Å². The molecule has 0 spiro atoms. The first-order valence-electron chi connectivity index (χ1n) is 17.5. The lowest BCUT2D eigenvalue weighted by Gasteiger charge is -2.36. The van der Waals surface area contributed by atoms with Gasteiger partial charge in [0.1, 0.15) is 5.75 Å². The van der Waals surface area contributed by atoms with E-state index in [1.165, 1.54) is 0 Å². The van der Waals surface area contributed by atoms with Crippen molar-refractivity contribution in [1.82, 2.24) is 9.80 Å². The fourth-order valence-electron chi connectivity index (χ4n) is 6.40. The van der Waals surface area contributed by atoms with Gasteiger partial charge in [-0.3, -0.25) is 9.69 Å². The molecule has 1 heterocycles. The van der Waals surface area contributed by atoms with E-state index in [1.54, 1.807) is 29.2 Å². The standard InChI is InChI=1S/C40H48Cl2N4O5/c1-26-22-46(27(2)25-47)39(48)33-21-31(43-40(49)44-36-14-9-12-30-11-5-6-13-32(30)36)16-18-37(33)51-28(3)10-7-8-19-50-38(26)24-45(4)23-29-15-17-34(41)35(42)20-29/h5-6,9,11-18,20-21,26-28,38,47H,7-8,10,19,22-25H2,1-4H3,(H2,43,44,49)/t26-,27+,28+,38+/m0/s1. The van der Waals surface area contributed by atoms with E-state index in [2.05, 4.69) is 22.5 Å². The average Bonchev–Trinajstić information content (AvgIpc) is 3.11. The second-order valence-corrected chi connectivity index (χ2v) is 14.4. The SMILES string of the molecule is C[C@@H]1CCCCO[C@H](CN(C)Cc2ccc(Cl)c(Cl)c2)[C@@H](C)CN([C@H](C)CO)C(=O)c2cc(NC(=O)Nc3cccc4ccccc34)ccc2O1. The maximum atomic E-state index is 14.5. The molecule has 1 aliphatic heterocycles. The van der Waals surface area contributed by atoms with Gasteiger partial charge in [0.2, 0.25) is 0 Å². The molecule has 4 aromatic carbocycles. The second-order valence-electron chi connectivity index (χ2n) is 13.6. The molecule has 11 heteroatoms. The molecule has 9 nitrogen and oxygen atoms in total. The number of rotatable bonds is 8. The number of hydrogen-bond donors (Lipinski definition) is 3. The minimum Gasteiger partial charge on any atom is -0.490 e. The summed E-state index contributed by atoms with van der Waals surface area (Å²) in [6.07, 6.45) is 2.18. The fraction of sp³-hybridized carbons (Fsp3) is 0.400. The Labute approximate surface area is 310 Å². The highest BCUT2D eigenvalue weighted by Crippen LogP contribution is 2.30. The quantitative estimate of drug-likeness (QED) is 0.167. The van der Waals surface area contributed by atoms with Crippen LogP contribution in [0, 0.1) is 5.92 Å². The summed E-state index contributed by atoms with van der Waals surface area (Å²) in [5, 5.41) is 19.1. The van der Waals surface area contributed by atoms with E-state index in [9.17, 15) is 14.7 Å². The van der Waals surface area contributed by atoms with Crippen molar-refractivity contribution in [2.75, 3.05) is 44.0 Å². The van der Waals surface area contributed by atoms with Crippen molar-refractivity contribution in [2.45, 2.75) is 64.8 Å². The van der Waals surface area contributed by atoms with E-state index in [1.807, 2.05) is 75.5 Å². The molecule has 0 radical (unpaired) electrons. The van der Waals surface area contributed by atoms with Gasteiger partial charge in [0.25, 0.3) is 5.91 Å². The fourth-order valence-corrected chi connectivity index (χ4v) is 6.72. The van der Waals surface area contributed by atoms with Crippen molar-refractivity contribution in [1.29, 1.82) is 0 Å². The van der Waals surface area contributed by atoms with Crippen molar-refractivity contribution >= 4 is 57.3 Å². The van der Waals surface area contributed by atoms with Gasteiger partial charge in [0, 0.05) is 43.2 Å². The van der Waals surface area contributed by atoms with Crippen molar-refractivity contribution < 1.29 is 24.2 Å². The Kier molecular flexibility index (Phi) is 13.6. The number of carbonyl (C=O) groups excluding carboxylic acids is 2. The summed E-state index contributed by atoms with van der Waals surface area (Å²) < 4.78 is 12.9. The number of anilines is 2. The Morgan fingerprint density at radius 2 is 1.78 bits per heavy atom. The number of nitrogens with zero attached hydrogens (tertiary/aromatic N) is 2. The number of carbonyl (C=O) groups is 2. The molecule has 4 aromatic rings. The van der Waals surface area contributed by atoms with Gasteiger partial charge in [-0.1, -0.05) is 72.6 Å². The molecule has 3 N–H and O–H groups in total. The van der Waals surface area contributed by atoms with Gasteiger partial charge in [0.15, 0.2) is 0 Å². The van der Waals surface area contributed by atoms with Crippen LogP contribution in [0.4, 0.5) is 16.2 Å². The monoisotopic (exact) mass is 734 g/mol. The number of likely N-dealkylation sites (N-methyl/N-ethyl adjacent to an activating group) is 1. The first kappa shape index (κ1) is 38.4. The van der Waals surface area contributed by atoms with E-state index >= 15 is 0 Å². The third-order valence-corrected chi connectivity index (χ3v) is 10.0. The van der Waals surface area contributed by atoms with Gasteiger partial charge < -0.3 is 30.1 Å². The second kappa shape index (κ2) is 18.1. The van der Waals surface area contributed by atoms with Crippen molar-refractivity contribution in [2.24, 2.45) is 5.92 Å². The molecule has 0 bridgehead atoms. The van der Waals surface area contributed by atoms with Crippen LogP contribution < -0.4 is 15.4 Å². The average molecular weight is 736 g/mol. The molecule has 0 aliphatic carbocycles. The third-order valence-electron chi connectivity index (χ3n) is 9.28. The summed E-state index contributed by atoms with van der Waals surface area (Å²) in [4.78, 5) is 31.6. The topological polar surface area (TPSA) is 103 Å². The van der Waals surface area contributed by atoms with Crippen LogP contribution in [-0.2, 0) is 11.3 Å². The number of halogens is 2. The van der Waals surface area contributed by atoms with E-state index < -0.39 is 12.1 Å². The predicted molar refractivity (Wildman–Crippen MR) is 206 cm³/mol. The highest BCUT2D eigenvalue weighted by atomic mass is 35.5. The summed E-state index contributed by atoms with van der Waals surface area (Å²) >= 11 is 12.4. The molecule has 5 rings (SSSR count). The Hall–Kier alpha value is -3.86. The van der Waals surface area contributed by atoms with Gasteiger partial charge in [-0.05, 0) is 87.5 Å². The molecule has 51 heavy (non-hydrogen) atoms. The van der Waals surface area contributed by atoms with Gasteiger partial charge in [-0.2, -0.15) is 0 Å². The third kappa shape index (κ3) is 10.4. The van der Waals surface area contributed by atoms with Crippen molar-refractivity contribution in [3.8, 4) is 5.75 Å². The number of ether oxygens (including phenoxy) is 2. The molecular formula is C40H48Cl2N4O5. The molecule has 4 atom stereocenters. The Morgan fingerprint density at radius 3 is 2.57 bits per heavy atom. The molecule has 0 fully saturated rings. The van der Waals surface area contributed by atoms with E-state index in [0.717, 1.165) is 35.6 Å². The molecule has 0 saturated heterocycles. The van der Waals surface area contributed by atoms with Gasteiger partial charge in [0.05, 0.1) is 46.2 Å². The van der Waals surface area contributed by atoms with Crippen LogP contribution in [0.3, 0.4) is 0 Å². The predicted octanol–water partition coefficient (Wildman–Crippen LogP) is 8.72. The summed E-state index contributed by atoms with van der Waals surface area (Å²) in [6, 6.07) is 23.4. The number of aliphatic hydroxyl groups excluding tert-OH is 1. The minimum atomic E-state index is -0.487. The van der Waals surface area contributed by atoms with Crippen LogP contribution in [0.1, 0.15) is 56.0 Å². The normalized spacial score (nSPS) is 19.6. The Morgan fingerprint density at radius 1 is 1.00 bits per heavy atom. The zero-order valence-electron chi connectivity index (χ0n) is 29.7.